The molecule has 0 radical (unpaired) electrons. The Morgan fingerprint density at radius 1 is 1.53 bits per heavy atom. The number of amides is 1. The molecule has 1 amide bonds. The lowest BCUT2D eigenvalue weighted by atomic mass is 10.2. The molecule has 5 nitrogen and oxygen atoms in total. The maximum atomic E-state index is 11.8. The number of likely N-dealkylation sites (tertiary alicyclic amines) is 1. The van der Waals surface area contributed by atoms with Crippen molar-refractivity contribution in [3.63, 3.8) is 0 Å². The zero-order valence-corrected chi connectivity index (χ0v) is 9.20. The Balaban J connectivity index is 2.02. The number of carboxylic acid groups (broad SMARTS) is 1. The van der Waals surface area contributed by atoms with Crippen molar-refractivity contribution in [1.82, 2.24) is 4.90 Å². The topological polar surface area (TPSA) is 70.8 Å². The lowest BCUT2D eigenvalue weighted by Crippen LogP contribution is -2.39. The summed E-state index contributed by atoms with van der Waals surface area (Å²) in [5, 5.41) is 8.95. The van der Waals surface area contributed by atoms with E-state index in [1.54, 1.807) is 18.2 Å². The van der Waals surface area contributed by atoms with E-state index in [-0.39, 0.29) is 5.91 Å². The second-order valence-corrected chi connectivity index (χ2v) is 3.88. The first kappa shape index (κ1) is 11.4. The number of nitrogens with zero attached hydrogens (tertiary/aromatic N) is 1. The average molecular weight is 235 g/mol. The van der Waals surface area contributed by atoms with Crippen molar-refractivity contribution in [3.8, 4) is 0 Å². The van der Waals surface area contributed by atoms with E-state index in [2.05, 4.69) is 0 Å². The highest BCUT2D eigenvalue weighted by Crippen LogP contribution is 2.18. The summed E-state index contributed by atoms with van der Waals surface area (Å²) in [6.07, 6.45) is 5.66. The Hall–Kier alpha value is -2.04. The molecule has 90 valence electrons. The summed E-state index contributed by atoms with van der Waals surface area (Å²) in [5.41, 5.74) is 0. The highest BCUT2D eigenvalue weighted by atomic mass is 16.4. The standard InChI is InChI=1S/C12H13NO4/c14-11(6-5-9-3-2-8-17-9)13-7-1-4-10(13)12(15)16/h2-3,5-6,8,10H,1,4,7H2,(H,15,16)/t10-/m0/s1. The van der Waals surface area contributed by atoms with Gasteiger partial charge in [0, 0.05) is 12.6 Å². The van der Waals surface area contributed by atoms with Gasteiger partial charge in [0.1, 0.15) is 11.8 Å². The van der Waals surface area contributed by atoms with Crippen LogP contribution in [-0.4, -0.2) is 34.5 Å². The van der Waals surface area contributed by atoms with Crippen LogP contribution in [0.15, 0.2) is 28.9 Å². The molecule has 1 fully saturated rings. The molecule has 0 unspecified atom stereocenters. The fourth-order valence-corrected chi connectivity index (χ4v) is 1.92. The number of carboxylic acids is 1. The van der Waals surface area contributed by atoms with Gasteiger partial charge in [-0.2, -0.15) is 0 Å². The number of hydrogen-bond donors (Lipinski definition) is 1. The summed E-state index contributed by atoms with van der Waals surface area (Å²) < 4.78 is 5.05. The van der Waals surface area contributed by atoms with Crippen molar-refractivity contribution in [2.45, 2.75) is 18.9 Å². The van der Waals surface area contributed by atoms with Crippen molar-refractivity contribution in [3.05, 3.63) is 30.2 Å². The van der Waals surface area contributed by atoms with E-state index in [9.17, 15) is 9.59 Å². The highest BCUT2D eigenvalue weighted by Gasteiger charge is 2.32. The van der Waals surface area contributed by atoms with Gasteiger partial charge in [-0.05, 0) is 31.1 Å². The molecule has 2 heterocycles. The van der Waals surface area contributed by atoms with Crippen molar-refractivity contribution < 1.29 is 19.1 Å². The summed E-state index contributed by atoms with van der Waals surface area (Å²) in [6, 6.07) is 2.76. The second kappa shape index (κ2) is 4.86. The normalized spacial score (nSPS) is 20.0. The lowest BCUT2D eigenvalue weighted by molar-refractivity contribution is -0.146. The van der Waals surface area contributed by atoms with E-state index < -0.39 is 12.0 Å². The molecule has 0 spiro atoms. The number of carbonyl (C=O) groups excluding carboxylic acids is 1. The number of carbonyl (C=O) groups is 2. The molecule has 17 heavy (non-hydrogen) atoms. The summed E-state index contributed by atoms with van der Waals surface area (Å²) in [6.45, 7) is 0.498. The first-order valence-electron chi connectivity index (χ1n) is 5.43. The van der Waals surface area contributed by atoms with Gasteiger partial charge in [-0.15, -0.1) is 0 Å². The van der Waals surface area contributed by atoms with Crippen LogP contribution in [0, 0.1) is 0 Å². The number of furan rings is 1. The molecule has 1 aliphatic heterocycles. The van der Waals surface area contributed by atoms with Crippen LogP contribution in [0.4, 0.5) is 0 Å². The molecule has 1 aromatic rings. The van der Waals surface area contributed by atoms with Gasteiger partial charge in [-0.25, -0.2) is 4.79 Å². The van der Waals surface area contributed by atoms with E-state index in [1.165, 1.54) is 17.2 Å². The maximum absolute atomic E-state index is 11.8. The number of aliphatic carboxylic acids is 1. The third-order valence-corrected chi connectivity index (χ3v) is 2.75. The largest absolute Gasteiger partial charge is 0.480 e. The summed E-state index contributed by atoms with van der Waals surface area (Å²) >= 11 is 0. The SMILES string of the molecule is O=C(O)[C@@H]1CCCN1C(=O)C=Cc1ccco1. The first-order valence-corrected chi connectivity index (χ1v) is 5.43. The van der Waals surface area contributed by atoms with Crippen LogP contribution >= 0.6 is 0 Å². The Labute approximate surface area is 98.3 Å². The summed E-state index contributed by atoms with van der Waals surface area (Å²) in [5.74, 6) is -0.655. The smallest absolute Gasteiger partial charge is 0.326 e. The van der Waals surface area contributed by atoms with Crippen molar-refractivity contribution in [2.24, 2.45) is 0 Å². The number of rotatable bonds is 3. The average Bonchev–Trinajstić information content (AvgIpc) is 2.96. The van der Waals surface area contributed by atoms with Gasteiger partial charge < -0.3 is 14.4 Å². The monoisotopic (exact) mass is 235 g/mol. The zero-order valence-electron chi connectivity index (χ0n) is 9.20. The van der Waals surface area contributed by atoms with Gasteiger partial charge in [0.05, 0.1) is 6.26 Å². The summed E-state index contributed by atoms with van der Waals surface area (Å²) in [4.78, 5) is 24.1. The van der Waals surface area contributed by atoms with E-state index in [0.717, 1.165) is 6.42 Å². The van der Waals surface area contributed by atoms with Gasteiger partial charge in [-0.1, -0.05) is 0 Å². The van der Waals surface area contributed by atoms with Crippen LogP contribution in [0.5, 0.6) is 0 Å². The lowest BCUT2D eigenvalue weighted by Gasteiger charge is -2.19. The van der Waals surface area contributed by atoms with E-state index >= 15 is 0 Å². The Bertz CT molecular complexity index is 435. The molecule has 1 saturated heterocycles. The van der Waals surface area contributed by atoms with Gasteiger partial charge in [0.2, 0.25) is 5.91 Å². The minimum absolute atomic E-state index is 0.286. The van der Waals surface area contributed by atoms with Crippen LogP contribution in [-0.2, 0) is 9.59 Å². The van der Waals surface area contributed by atoms with Crippen molar-refractivity contribution in [1.29, 1.82) is 0 Å². The van der Waals surface area contributed by atoms with Gasteiger partial charge in [0.25, 0.3) is 0 Å². The molecule has 0 aromatic carbocycles. The molecule has 0 saturated carbocycles. The van der Waals surface area contributed by atoms with Crippen LogP contribution in [0.25, 0.3) is 6.08 Å². The highest BCUT2D eigenvalue weighted by molar-refractivity contribution is 5.94. The predicted molar refractivity (Wildman–Crippen MR) is 60.1 cm³/mol. The van der Waals surface area contributed by atoms with Crippen LogP contribution in [0.1, 0.15) is 18.6 Å². The Morgan fingerprint density at radius 3 is 3.00 bits per heavy atom. The van der Waals surface area contributed by atoms with Gasteiger partial charge in [0.15, 0.2) is 0 Å². The van der Waals surface area contributed by atoms with Crippen LogP contribution < -0.4 is 0 Å². The summed E-state index contributed by atoms with van der Waals surface area (Å²) in [7, 11) is 0. The molecule has 2 rings (SSSR count). The Kier molecular flexibility index (Phi) is 3.27. The second-order valence-electron chi connectivity index (χ2n) is 3.88. The minimum atomic E-state index is -0.942. The molecular formula is C12H13NO4. The van der Waals surface area contributed by atoms with Crippen molar-refractivity contribution in [2.75, 3.05) is 6.54 Å². The maximum Gasteiger partial charge on any atom is 0.326 e. The van der Waals surface area contributed by atoms with Crippen LogP contribution in [0.3, 0.4) is 0 Å². The first-order chi connectivity index (χ1) is 8.18. The Morgan fingerprint density at radius 2 is 2.35 bits per heavy atom. The molecular weight excluding hydrogens is 222 g/mol. The van der Waals surface area contributed by atoms with Gasteiger partial charge in [-0.3, -0.25) is 4.79 Å². The van der Waals surface area contributed by atoms with E-state index in [1.807, 2.05) is 0 Å². The number of hydrogen-bond acceptors (Lipinski definition) is 3. The fourth-order valence-electron chi connectivity index (χ4n) is 1.92. The van der Waals surface area contributed by atoms with Crippen LogP contribution in [0.2, 0.25) is 0 Å². The molecule has 1 aromatic heterocycles. The quantitative estimate of drug-likeness (QED) is 0.803. The molecule has 1 N–H and O–H groups in total. The van der Waals surface area contributed by atoms with E-state index in [0.29, 0.717) is 18.7 Å². The van der Waals surface area contributed by atoms with Crippen molar-refractivity contribution >= 4 is 18.0 Å². The zero-order chi connectivity index (χ0) is 12.3. The third-order valence-electron chi connectivity index (χ3n) is 2.75. The molecule has 0 aliphatic carbocycles. The van der Waals surface area contributed by atoms with E-state index in [4.69, 9.17) is 9.52 Å². The fraction of sp³-hybridized carbons (Fsp3) is 0.333. The molecule has 0 bridgehead atoms. The molecule has 5 heteroatoms. The van der Waals surface area contributed by atoms with Gasteiger partial charge >= 0.3 is 5.97 Å². The third kappa shape index (κ3) is 2.55. The molecule has 1 aliphatic rings. The predicted octanol–water partition coefficient (Wildman–Crippen LogP) is 1.37. The molecule has 1 atom stereocenters. The minimum Gasteiger partial charge on any atom is -0.480 e.